The van der Waals surface area contributed by atoms with Crippen LogP contribution in [0.15, 0.2) is 16.7 Å². The maximum atomic E-state index is 11.6. The lowest BCUT2D eigenvalue weighted by Crippen LogP contribution is -2.28. The third-order valence-corrected chi connectivity index (χ3v) is 2.26. The fourth-order valence-electron chi connectivity index (χ4n) is 1.32. The molecule has 0 spiro atoms. The van der Waals surface area contributed by atoms with Gasteiger partial charge in [0.05, 0.1) is 5.56 Å². The van der Waals surface area contributed by atoms with Crippen molar-refractivity contribution in [3.8, 4) is 0 Å². The van der Waals surface area contributed by atoms with Gasteiger partial charge in [0.15, 0.2) is 0 Å². The molecule has 0 aromatic carbocycles. The molecule has 1 unspecified atom stereocenters. The molecule has 1 aromatic heterocycles. The molecule has 0 aliphatic carbocycles. The van der Waals surface area contributed by atoms with E-state index in [1.165, 1.54) is 6.26 Å². The fourth-order valence-corrected chi connectivity index (χ4v) is 1.32. The Kier molecular flexibility index (Phi) is 4.37. The molecule has 1 rings (SSSR count). The molecule has 3 N–H and O–H groups in total. The normalized spacial score (nSPS) is 12.5. The molecule has 0 fully saturated rings. The van der Waals surface area contributed by atoms with Crippen LogP contribution in [0.1, 0.15) is 29.5 Å². The largest absolute Gasteiger partial charge is 0.469 e. The molecule has 0 aliphatic rings. The summed E-state index contributed by atoms with van der Waals surface area (Å²) in [6.45, 7) is 5.18. The first-order valence-electron chi connectivity index (χ1n) is 5.17. The molecule has 0 saturated carbocycles. The van der Waals surface area contributed by atoms with Crippen LogP contribution >= 0.6 is 0 Å². The lowest BCUT2D eigenvalue weighted by molar-refractivity contribution is 0.0947. The summed E-state index contributed by atoms with van der Waals surface area (Å²) in [7, 11) is 0. The number of amides is 1. The highest BCUT2D eigenvalue weighted by Crippen LogP contribution is 2.06. The van der Waals surface area contributed by atoms with Gasteiger partial charge in [0.2, 0.25) is 0 Å². The van der Waals surface area contributed by atoms with E-state index >= 15 is 0 Å². The van der Waals surface area contributed by atoms with Gasteiger partial charge in [0.1, 0.15) is 12.0 Å². The summed E-state index contributed by atoms with van der Waals surface area (Å²) in [5.74, 6) is 1.07. The minimum Gasteiger partial charge on any atom is -0.469 e. The molecule has 1 aromatic rings. The van der Waals surface area contributed by atoms with E-state index < -0.39 is 0 Å². The van der Waals surface area contributed by atoms with Crippen molar-refractivity contribution in [2.45, 2.75) is 20.3 Å². The van der Waals surface area contributed by atoms with E-state index in [1.54, 1.807) is 6.07 Å². The SMILES string of the molecule is Cc1cc(C(=O)NCC(C)CCN)co1. The highest BCUT2D eigenvalue weighted by atomic mass is 16.3. The number of hydrogen-bond acceptors (Lipinski definition) is 3. The van der Waals surface area contributed by atoms with E-state index in [0.29, 0.717) is 24.6 Å². The van der Waals surface area contributed by atoms with Gasteiger partial charge in [-0.25, -0.2) is 0 Å². The van der Waals surface area contributed by atoms with E-state index in [9.17, 15) is 4.79 Å². The maximum absolute atomic E-state index is 11.6. The highest BCUT2D eigenvalue weighted by molar-refractivity contribution is 5.93. The first-order chi connectivity index (χ1) is 7.13. The van der Waals surface area contributed by atoms with Crippen molar-refractivity contribution in [1.29, 1.82) is 0 Å². The summed E-state index contributed by atoms with van der Waals surface area (Å²) in [4.78, 5) is 11.6. The fraction of sp³-hybridized carbons (Fsp3) is 0.545. The standard InChI is InChI=1S/C11H18N2O2/c1-8(3-4-12)6-13-11(14)10-5-9(2)15-7-10/h5,7-8H,3-4,6,12H2,1-2H3,(H,13,14). The average molecular weight is 210 g/mol. The van der Waals surface area contributed by atoms with E-state index in [4.69, 9.17) is 10.2 Å². The van der Waals surface area contributed by atoms with E-state index in [0.717, 1.165) is 12.2 Å². The van der Waals surface area contributed by atoms with Crippen LogP contribution < -0.4 is 11.1 Å². The van der Waals surface area contributed by atoms with Crippen LogP contribution in [0.4, 0.5) is 0 Å². The lowest BCUT2D eigenvalue weighted by Gasteiger charge is -2.10. The summed E-state index contributed by atoms with van der Waals surface area (Å²) < 4.78 is 5.06. The quantitative estimate of drug-likeness (QED) is 0.769. The Morgan fingerprint density at radius 3 is 2.93 bits per heavy atom. The van der Waals surface area contributed by atoms with Crippen molar-refractivity contribution in [2.75, 3.05) is 13.1 Å². The van der Waals surface area contributed by atoms with Gasteiger partial charge in [-0.05, 0) is 31.9 Å². The Morgan fingerprint density at radius 2 is 2.40 bits per heavy atom. The smallest absolute Gasteiger partial charge is 0.254 e. The number of nitrogens with one attached hydrogen (secondary N) is 1. The van der Waals surface area contributed by atoms with Crippen LogP contribution in [0, 0.1) is 12.8 Å². The number of rotatable bonds is 5. The first-order valence-corrected chi connectivity index (χ1v) is 5.17. The summed E-state index contributed by atoms with van der Waals surface area (Å²) in [5, 5.41) is 2.84. The molecular weight excluding hydrogens is 192 g/mol. The van der Waals surface area contributed by atoms with Crippen LogP contribution in [0.5, 0.6) is 0 Å². The van der Waals surface area contributed by atoms with E-state index in [2.05, 4.69) is 12.2 Å². The van der Waals surface area contributed by atoms with Crippen molar-refractivity contribution in [1.82, 2.24) is 5.32 Å². The summed E-state index contributed by atoms with van der Waals surface area (Å²) in [5.41, 5.74) is 6.00. The van der Waals surface area contributed by atoms with E-state index in [-0.39, 0.29) is 5.91 Å². The van der Waals surface area contributed by atoms with Crippen molar-refractivity contribution < 1.29 is 9.21 Å². The zero-order valence-electron chi connectivity index (χ0n) is 9.25. The van der Waals surface area contributed by atoms with Crippen LogP contribution in [0.3, 0.4) is 0 Å². The van der Waals surface area contributed by atoms with Gasteiger partial charge in [-0.15, -0.1) is 0 Å². The van der Waals surface area contributed by atoms with Gasteiger partial charge in [-0.3, -0.25) is 4.79 Å². The van der Waals surface area contributed by atoms with Gasteiger partial charge in [-0.1, -0.05) is 6.92 Å². The van der Waals surface area contributed by atoms with Crippen molar-refractivity contribution in [3.63, 3.8) is 0 Å². The second kappa shape index (κ2) is 5.56. The maximum Gasteiger partial charge on any atom is 0.254 e. The number of carbonyl (C=O) groups is 1. The molecule has 0 radical (unpaired) electrons. The minimum atomic E-state index is -0.0873. The van der Waals surface area contributed by atoms with E-state index in [1.807, 2.05) is 6.92 Å². The predicted molar refractivity (Wildman–Crippen MR) is 58.6 cm³/mol. The molecule has 1 heterocycles. The second-order valence-corrected chi connectivity index (χ2v) is 3.84. The predicted octanol–water partition coefficient (Wildman–Crippen LogP) is 1.30. The molecule has 1 atom stereocenters. The second-order valence-electron chi connectivity index (χ2n) is 3.84. The summed E-state index contributed by atoms with van der Waals surface area (Å²) in [6, 6.07) is 1.73. The number of hydrogen-bond donors (Lipinski definition) is 2. The molecule has 0 saturated heterocycles. The zero-order valence-corrected chi connectivity index (χ0v) is 9.25. The summed E-state index contributed by atoms with van der Waals surface area (Å²) >= 11 is 0. The third-order valence-electron chi connectivity index (χ3n) is 2.26. The van der Waals surface area contributed by atoms with Crippen molar-refractivity contribution in [2.24, 2.45) is 11.7 Å². The monoisotopic (exact) mass is 210 g/mol. The summed E-state index contributed by atoms with van der Waals surface area (Å²) in [6.07, 6.45) is 2.39. The Labute approximate surface area is 89.8 Å². The van der Waals surface area contributed by atoms with Gasteiger partial charge >= 0.3 is 0 Å². The van der Waals surface area contributed by atoms with Crippen LogP contribution in [-0.2, 0) is 0 Å². The Balaban J connectivity index is 2.36. The van der Waals surface area contributed by atoms with Crippen LogP contribution in [0.2, 0.25) is 0 Å². The molecule has 4 nitrogen and oxygen atoms in total. The molecule has 15 heavy (non-hydrogen) atoms. The molecule has 1 amide bonds. The van der Waals surface area contributed by atoms with Crippen LogP contribution in [-0.4, -0.2) is 19.0 Å². The number of nitrogens with two attached hydrogens (primary N) is 1. The molecule has 4 heteroatoms. The molecular formula is C11H18N2O2. The molecule has 0 bridgehead atoms. The van der Waals surface area contributed by atoms with Gasteiger partial charge in [0, 0.05) is 6.54 Å². The highest BCUT2D eigenvalue weighted by Gasteiger charge is 2.09. The minimum absolute atomic E-state index is 0.0873. The number of aryl methyl sites for hydroxylation is 1. The van der Waals surface area contributed by atoms with Gasteiger partial charge in [-0.2, -0.15) is 0 Å². The number of carbonyl (C=O) groups excluding carboxylic acids is 1. The Bertz CT molecular complexity index is 320. The Morgan fingerprint density at radius 1 is 1.67 bits per heavy atom. The van der Waals surface area contributed by atoms with Crippen molar-refractivity contribution >= 4 is 5.91 Å². The topological polar surface area (TPSA) is 68.3 Å². The third kappa shape index (κ3) is 3.75. The van der Waals surface area contributed by atoms with Crippen molar-refractivity contribution in [3.05, 3.63) is 23.7 Å². The molecule has 84 valence electrons. The average Bonchev–Trinajstić information content (AvgIpc) is 2.62. The van der Waals surface area contributed by atoms with Gasteiger partial charge < -0.3 is 15.5 Å². The lowest BCUT2D eigenvalue weighted by atomic mass is 10.1. The zero-order chi connectivity index (χ0) is 11.3. The first kappa shape index (κ1) is 11.8. The molecule has 0 aliphatic heterocycles. The number of furan rings is 1. The Hall–Kier alpha value is -1.29. The van der Waals surface area contributed by atoms with Crippen LogP contribution in [0.25, 0.3) is 0 Å². The van der Waals surface area contributed by atoms with Gasteiger partial charge in [0.25, 0.3) is 5.91 Å².